The minimum atomic E-state index is 0.492. The highest BCUT2D eigenvalue weighted by Crippen LogP contribution is 2.19. The molecule has 0 unspecified atom stereocenters. The fourth-order valence-electron chi connectivity index (χ4n) is 1.53. The largest absolute Gasteiger partial charge is 0.431 e. The Balaban J connectivity index is 2.00. The fraction of sp³-hybridized carbons (Fsp3) is 0.333. The Morgan fingerprint density at radius 1 is 1.32 bits per heavy atom. The van der Waals surface area contributed by atoms with Crippen molar-refractivity contribution >= 4 is 27.3 Å². The number of nitrogens with two attached hydrogens (primary N) is 1. The predicted molar refractivity (Wildman–Crippen MR) is 76.7 cm³/mol. The first-order chi connectivity index (χ1) is 9.06. The van der Waals surface area contributed by atoms with Gasteiger partial charge in [-0.2, -0.15) is 0 Å². The molecule has 1 aromatic carbocycles. The van der Waals surface area contributed by atoms with Crippen molar-refractivity contribution in [1.29, 1.82) is 0 Å². The van der Waals surface area contributed by atoms with Crippen molar-refractivity contribution in [2.75, 3.05) is 24.7 Å². The van der Waals surface area contributed by atoms with Gasteiger partial charge in [-0.25, -0.2) is 0 Å². The number of hydrogen-bond donors (Lipinski definition) is 1. The lowest BCUT2D eigenvalue weighted by atomic mass is 10.2. The van der Waals surface area contributed by atoms with E-state index in [2.05, 4.69) is 44.5 Å². The number of nitrogen functional groups attached to an aromatic ring is 1. The van der Waals surface area contributed by atoms with E-state index in [1.54, 1.807) is 11.7 Å². The molecule has 2 N–H and O–H groups in total. The lowest BCUT2D eigenvalue weighted by Crippen LogP contribution is -2.29. The molecule has 0 amide bonds. The van der Waals surface area contributed by atoms with Gasteiger partial charge < -0.3 is 10.6 Å². The average molecular weight is 277 g/mol. The molecular formula is C12H17N6S+. The smallest absolute Gasteiger partial charge is 0.378 e. The van der Waals surface area contributed by atoms with Crippen LogP contribution in [0.25, 0.3) is 0 Å². The number of aryl methyl sites for hydroxylation is 1. The highest BCUT2D eigenvalue weighted by atomic mass is 32.1. The number of azo groups is 1. The number of benzene rings is 1. The molecule has 0 atom stereocenters. The number of anilines is 2. The molecular weight excluding hydrogens is 260 g/mol. The third kappa shape index (κ3) is 3.47. The Labute approximate surface area is 116 Å². The van der Waals surface area contributed by atoms with Gasteiger partial charge in [-0.1, -0.05) is 22.3 Å². The quantitative estimate of drug-likeness (QED) is 0.685. The SMILES string of the molecule is CN(C)c1ccc(CN=Nc2sc(N)n[n+]2C)cc1. The van der Waals surface area contributed by atoms with E-state index in [0.717, 1.165) is 5.56 Å². The van der Waals surface area contributed by atoms with Crippen LogP contribution in [-0.2, 0) is 13.6 Å². The molecule has 100 valence electrons. The van der Waals surface area contributed by atoms with E-state index in [-0.39, 0.29) is 0 Å². The molecule has 1 heterocycles. The molecule has 2 aromatic rings. The molecule has 0 radical (unpaired) electrons. The monoisotopic (exact) mass is 277 g/mol. The Hall–Kier alpha value is -2.02. The summed E-state index contributed by atoms with van der Waals surface area (Å²) in [7, 11) is 5.83. The van der Waals surface area contributed by atoms with Crippen LogP contribution in [0.2, 0.25) is 0 Å². The summed E-state index contributed by atoms with van der Waals surface area (Å²) in [4.78, 5) is 2.06. The van der Waals surface area contributed by atoms with Gasteiger partial charge in [0.25, 0.3) is 0 Å². The maximum atomic E-state index is 5.59. The van der Waals surface area contributed by atoms with Crippen molar-refractivity contribution in [3.05, 3.63) is 29.8 Å². The van der Waals surface area contributed by atoms with E-state index in [0.29, 0.717) is 16.8 Å². The van der Waals surface area contributed by atoms with E-state index in [1.807, 2.05) is 14.1 Å². The number of nitrogens with zero attached hydrogens (tertiary/aromatic N) is 5. The summed E-state index contributed by atoms with van der Waals surface area (Å²) in [5, 5.41) is 13.5. The zero-order chi connectivity index (χ0) is 13.8. The summed E-state index contributed by atoms with van der Waals surface area (Å²) in [6, 6.07) is 8.23. The summed E-state index contributed by atoms with van der Waals surface area (Å²) in [5.41, 5.74) is 7.88. The number of aromatic nitrogens is 2. The molecule has 0 bridgehead atoms. The molecule has 0 saturated heterocycles. The standard InChI is InChI=1S/C12H17N6S/c1-17(2)10-6-4-9(5-7-10)8-14-15-12-18(3)16-11(13)19-12/h4-7H,8H2,1-3H3,(H2,13,16)/q+1. The van der Waals surface area contributed by atoms with Crippen molar-refractivity contribution in [1.82, 2.24) is 5.10 Å². The highest BCUT2D eigenvalue weighted by Gasteiger charge is 2.12. The van der Waals surface area contributed by atoms with Crippen molar-refractivity contribution in [2.24, 2.45) is 17.3 Å². The first-order valence-corrected chi connectivity index (χ1v) is 6.64. The first kappa shape index (κ1) is 13.4. The third-order valence-corrected chi connectivity index (χ3v) is 3.40. The molecule has 2 rings (SSSR count). The van der Waals surface area contributed by atoms with Crippen LogP contribution in [0.4, 0.5) is 16.0 Å². The number of hydrogen-bond acceptors (Lipinski definition) is 6. The normalized spacial score (nSPS) is 11.1. The topological polar surface area (TPSA) is 70.8 Å². The number of rotatable bonds is 4. The van der Waals surface area contributed by atoms with Crippen LogP contribution >= 0.6 is 11.3 Å². The van der Waals surface area contributed by atoms with Crippen LogP contribution in [0.1, 0.15) is 5.56 Å². The summed E-state index contributed by atoms with van der Waals surface area (Å²) >= 11 is 1.32. The molecule has 0 saturated carbocycles. The summed E-state index contributed by atoms with van der Waals surface area (Å²) in [6.45, 7) is 0.547. The van der Waals surface area contributed by atoms with Crippen molar-refractivity contribution in [2.45, 2.75) is 6.54 Å². The second-order valence-corrected chi connectivity index (χ2v) is 5.29. The molecule has 0 aliphatic heterocycles. The van der Waals surface area contributed by atoms with E-state index in [1.165, 1.54) is 17.0 Å². The Morgan fingerprint density at radius 2 is 2.00 bits per heavy atom. The van der Waals surface area contributed by atoms with Gasteiger partial charge in [-0.3, -0.25) is 0 Å². The molecule has 19 heavy (non-hydrogen) atoms. The molecule has 1 aromatic heterocycles. The van der Waals surface area contributed by atoms with Crippen LogP contribution in [0, 0.1) is 0 Å². The Morgan fingerprint density at radius 3 is 2.53 bits per heavy atom. The van der Waals surface area contributed by atoms with Gasteiger partial charge in [0.15, 0.2) is 0 Å². The summed E-state index contributed by atoms with van der Waals surface area (Å²) in [5.74, 6) is 0. The summed E-state index contributed by atoms with van der Waals surface area (Å²) in [6.07, 6.45) is 0. The minimum absolute atomic E-state index is 0.492. The Bertz CT molecular complexity index is 572. The predicted octanol–water partition coefficient (Wildman–Crippen LogP) is 1.90. The van der Waals surface area contributed by atoms with Crippen molar-refractivity contribution in [3.63, 3.8) is 0 Å². The summed E-state index contributed by atoms with van der Waals surface area (Å²) < 4.78 is 1.62. The lowest BCUT2D eigenvalue weighted by molar-refractivity contribution is -0.712. The van der Waals surface area contributed by atoms with Crippen LogP contribution in [0.5, 0.6) is 0 Å². The van der Waals surface area contributed by atoms with Gasteiger partial charge in [0.05, 0.1) is 5.11 Å². The van der Waals surface area contributed by atoms with Gasteiger partial charge in [0, 0.05) is 19.8 Å². The average Bonchev–Trinajstić information content (AvgIpc) is 2.68. The van der Waals surface area contributed by atoms with E-state index >= 15 is 0 Å². The third-order valence-electron chi connectivity index (χ3n) is 2.58. The maximum absolute atomic E-state index is 5.59. The zero-order valence-electron chi connectivity index (χ0n) is 11.2. The van der Waals surface area contributed by atoms with E-state index < -0.39 is 0 Å². The van der Waals surface area contributed by atoms with Crippen LogP contribution in [-0.4, -0.2) is 19.2 Å². The maximum Gasteiger partial charge on any atom is 0.431 e. The highest BCUT2D eigenvalue weighted by molar-refractivity contribution is 7.18. The van der Waals surface area contributed by atoms with Gasteiger partial charge in [0.2, 0.25) is 5.13 Å². The lowest BCUT2D eigenvalue weighted by Gasteiger charge is -2.11. The molecule has 0 aliphatic rings. The fourth-order valence-corrected chi connectivity index (χ4v) is 2.15. The van der Waals surface area contributed by atoms with Gasteiger partial charge in [-0.05, 0) is 29.0 Å². The second-order valence-electron chi connectivity index (χ2n) is 4.31. The van der Waals surface area contributed by atoms with Gasteiger partial charge >= 0.3 is 5.13 Å². The Kier molecular flexibility index (Phi) is 4.06. The first-order valence-electron chi connectivity index (χ1n) is 5.82. The minimum Gasteiger partial charge on any atom is -0.378 e. The van der Waals surface area contributed by atoms with Crippen molar-refractivity contribution in [3.8, 4) is 0 Å². The van der Waals surface area contributed by atoms with Crippen molar-refractivity contribution < 1.29 is 4.68 Å². The van der Waals surface area contributed by atoms with Crippen LogP contribution < -0.4 is 15.3 Å². The van der Waals surface area contributed by atoms with Crippen LogP contribution in [0.3, 0.4) is 0 Å². The van der Waals surface area contributed by atoms with E-state index in [9.17, 15) is 0 Å². The van der Waals surface area contributed by atoms with Crippen LogP contribution in [0.15, 0.2) is 34.5 Å². The van der Waals surface area contributed by atoms with Gasteiger partial charge in [-0.15, -0.1) is 4.68 Å². The second kappa shape index (κ2) is 5.75. The van der Waals surface area contributed by atoms with E-state index in [4.69, 9.17) is 5.73 Å². The molecule has 0 aliphatic carbocycles. The zero-order valence-corrected chi connectivity index (χ0v) is 12.1. The van der Waals surface area contributed by atoms with Gasteiger partial charge in [0.1, 0.15) is 13.6 Å². The molecule has 0 spiro atoms. The molecule has 7 heteroatoms. The molecule has 6 nitrogen and oxygen atoms in total. The molecule has 0 fully saturated rings.